The number of aryl methyl sites for hydroxylation is 1. The fourth-order valence-corrected chi connectivity index (χ4v) is 3.96. The van der Waals surface area contributed by atoms with Crippen molar-refractivity contribution in [3.05, 3.63) is 15.6 Å². The van der Waals surface area contributed by atoms with Gasteiger partial charge in [-0.15, -0.1) is 11.3 Å². The van der Waals surface area contributed by atoms with Gasteiger partial charge in [0.2, 0.25) is 0 Å². The van der Waals surface area contributed by atoms with Gasteiger partial charge in [-0.2, -0.15) is 0 Å². The molecular weight excluding hydrogens is 254 g/mol. The van der Waals surface area contributed by atoms with Crippen molar-refractivity contribution >= 4 is 11.3 Å². The summed E-state index contributed by atoms with van der Waals surface area (Å²) < 4.78 is 0. The first-order valence-electron chi connectivity index (χ1n) is 7.40. The van der Waals surface area contributed by atoms with E-state index in [1.54, 1.807) is 4.88 Å². The minimum atomic E-state index is 0.634. The van der Waals surface area contributed by atoms with Crippen LogP contribution in [-0.2, 0) is 13.0 Å². The monoisotopic (exact) mass is 281 g/mol. The van der Waals surface area contributed by atoms with Gasteiger partial charge in [0, 0.05) is 23.9 Å². The van der Waals surface area contributed by atoms with Gasteiger partial charge >= 0.3 is 0 Å². The first kappa shape index (κ1) is 14.9. The standard InChI is InChI=1S/C15H27N3S/c1-11(2)8-16-9-12-6-5-7-13-15(12)17-14(19-13)10-18(3)4/h11-12,16H,5-10H2,1-4H3. The fraction of sp³-hybridized carbons (Fsp3) is 0.800. The lowest BCUT2D eigenvalue weighted by molar-refractivity contribution is 0.400. The lowest BCUT2D eigenvalue weighted by Gasteiger charge is -2.22. The summed E-state index contributed by atoms with van der Waals surface area (Å²) in [4.78, 5) is 8.65. The second-order valence-electron chi connectivity index (χ2n) is 6.30. The highest BCUT2D eigenvalue weighted by Gasteiger charge is 2.24. The van der Waals surface area contributed by atoms with E-state index < -0.39 is 0 Å². The maximum absolute atomic E-state index is 4.91. The van der Waals surface area contributed by atoms with Gasteiger partial charge in [0.15, 0.2) is 0 Å². The summed E-state index contributed by atoms with van der Waals surface area (Å²) in [6.45, 7) is 7.70. The molecule has 1 aliphatic carbocycles. The molecule has 1 aromatic heterocycles. The molecule has 0 bridgehead atoms. The molecule has 19 heavy (non-hydrogen) atoms. The topological polar surface area (TPSA) is 28.2 Å². The van der Waals surface area contributed by atoms with E-state index >= 15 is 0 Å². The lowest BCUT2D eigenvalue weighted by Crippen LogP contribution is -2.27. The van der Waals surface area contributed by atoms with Crippen molar-refractivity contribution in [2.45, 2.75) is 45.6 Å². The van der Waals surface area contributed by atoms with Gasteiger partial charge in [-0.25, -0.2) is 4.98 Å². The minimum absolute atomic E-state index is 0.634. The Labute approximate surface area is 121 Å². The van der Waals surface area contributed by atoms with Crippen LogP contribution in [0, 0.1) is 5.92 Å². The summed E-state index contributed by atoms with van der Waals surface area (Å²) in [6, 6.07) is 0. The van der Waals surface area contributed by atoms with E-state index in [0.717, 1.165) is 25.6 Å². The summed E-state index contributed by atoms with van der Waals surface area (Å²) >= 11 is 1.93. The molecule has 4 heteroatoms. The maximum Gasteiger partial charge on any atom is 0.107 e. The smallest absolute Gasteiger partial charge is 0.107 e. The number of hydrogen-bond acceptors (Lipinski definition) is 4. The molecule has 108 valence electrons. The van der Waals surface area contributed by atoms with Gasteiger partial charge < -0.3 is 10.2 Å². The van der Waals surface area contributed by atoms with Gasteiger partial charge in [-0.05, 0) is 45.8 Å². The zero-order valence-corrected chi connectivity index (χ0v) is 13.5. The minimum Gasteiger partial charge on any atom is -0.316 e. The molecule has 0 fully saturated rings. The number of nitrogens with zero attached hydrogens (tertiary/aromatic N) is 2. The molecule has 0 aromatic carbocycles. The van der Waals surface area contributed by atoms with Crippen molar-refractivity contribution in [2.24, 2.45) is 5.92 Å². The van der Waals surface area contributed by atoms with E-state index in [1.807, 2.05) is 11.3 Å². The molecule has 1 unspecified atom stereocenters. The SMILES string of the molecule is CC(C)CNCC1CCCc2sc(CN(C)C)nc21. The zero-order valence-electron chi connectivity index (χ0n) is 12.7. The molecule has 1 N–H and O–H groups in total. The van der Waals surface area contributed by atoms with Crippen LogP contribution < -0.4 is 5.32 Å². The Morgan fingerprint density at radius 3 is 2.89 bits per heavy atom. The van der Waals surface area contributed by atoms with E-state index in [-0.39, 0.29) is 0 Å². The van der Waals surface area contributed by atoms with Crippen LogP contribution >= 0.6 is 11.3 Å². The number of hydrogen-bond donors (Lipinski definition) is 1. The second kappa shape index (κ2) is 6.82. The predicted octanol–water partition coefficient (Wildman–Crippen LogP) is 2.87. The first-order chi connectivity index (χ1) is 9.06. The largest absolute Gasteiger partial charge is 0.316 e. The Morgan fingerprint density at radius 2 is 2.21 bits per heavy atom. The Balaban J connectivity index is 1.99. The molecule has 1 atom stereocenters. The van der Waals surface area contributed by atoms with Gasteiger partial charge in [-0.3, -0.25) is 0 Å². The molecule has 1 heterocycles. The molecule has 0 aliphatic heterocycles. The van der Waals surface area contributed by atoms with Crippen LogP contribution in [0.25, 0.3) is 0 Å². The number of rotatable bonds is 6. The first-order valence-corrected chi connectivity index (χ1v) is 8.21. The van der Waals surface area contributed by atoms with Crippen LogP contribution in [0.2, 0.25) is 0 Å². The van der Waals surface area contributed by atoms with E-state index in [1.165, 1.54) is 30.0 Å². The Kier molecular flexibility index (Phi) is 5.37. The van der Waals surface area contributed by atoms with Crippen molar-refractivity contribution in [3.8, 4) is 0 Å². The van der Waals surface area contributed by atoms with Crippen LogP contribution in [-0.4, -0.2) is 37.1 Å². The molecular formula is C15H27N3S. The highest BCUT2D eigenvalue weighted by molar-refractivity contribution is 7.11. The lowest BCUT2D eigenvalue weighted by atomic mass is 9.91. The third-order valence-corrected chi connectivity index (χ3v) is 4.63. The normalized spacial score (nSPS) is 19.2. The summed E-state index contributed by atoms with van der Waals surface area (Å²) in [6.07, 6.45) is 3.86. The van der Waals surface area contributed by atoms with Gasteiger partial charge in [-0.1, -0.05) is 13.8 Å². The summed E-state index contributed by atoms with van der Waals surface area (Å²) in [5, 5.41) is 4.88. The third kappa shape index (κ3) is 4.26. The number of aromatic nitrogens is 1. The van der Waals surface area contributed by atoms with Crippen LogP contribution in [0.1, 0.15) is 48.2 Å². The zero-order chi connectivity index (χ0) is 13.8. The Morgan fingerprint density at radius 1 is 1.42 bits per heavy atom. The van der Waals surface area contributed by atoms with Gasteiger partial charge in [0.25, 0.3) is 0 Å². The molecule has 2 rings (SSSR count). The Hall–Kier alpha value is -0.450. The number of fused-ring (bicyclic) bond motifs is 1. The third-order valence-electron chi connectivity index (χ3n) is 3.51. The van der Waals surface area contributed by atoms with Gasteiger partial charge in [0.05, 0.1) is 5.69 Å². The average molecular weight is 281 g/mol. The van der Waals surface area contributed by atoms with E-state index in [2.05, 4.69) is 38.2 Å². The molecule has 3 nitrogen and oxygen atoms in total. The molecule has 0 saturated carbocycles. The van der Waals surface area contributed by atoms with Crippen molar-refractivity contribution in [2.75, 3.05) is 27.2 Å². The van der Waals surface area contributed by atoms with Crippen molar-refractivity contribution in [3.63, 3.8) is 0 Å². The quantitative estimate of drug-likeness (QED) is 0.869. The molecule has 0 radical (unpaired) electrons. The molecule has 1 aromatic rings. The van der Waals surface area contributed by atoms with Crippen molar-refractivity contribution in [1.29, 1.82) is 0 Å². The summed E-state index contributed by atoms with van der Waals surface area (Å²) in [5.41, 5.74) is 1.39. The molecule has 0 saturated heterocycles. The van der Waals surface area contributed by atoms with E-state index in [9.17, 15) is 0 Å². The number of thiazole rings is 1. The summed E-state index contributed by atoms with van der Waals surface area (Å²) in [7, 11) is 4.23. The highest BCUT2D eigenvalue weighted by atomic mass is 32.1. The van der Waals surface area contributed by atoms with E-state index in [4.69, 9.17) is 4.98 Å². The highest BCUT2D eigenvalue weighted by Crippen LogP contribution is 2.34. The maximum atomic E-state index is 4.91. The van der Waals surface area contributed by atoms with Crippen LogP contribution in [0.3, 0.4) is 0 Å². The number of nitrogens with one attached hydrogen (secondary N) is 1. The molecule has 0 spiro atoms. The van der Waals surface area contributed by atoms with Crippen LogP contribution in [0.5, 0.6) is 0 Å². The van der Waals surface area contributed by atoms with Gasteiger partial charge in [0.1, 0.15) is 5.01 Å². The van der Waals surface area contributed by atoms with Crippen molar-refractivity contribution < 1.29 is 0 Å². The second-order valence-corrected chi connectivity index (χ2v) is 7.46. The fourth-order valence-electron chi connectivity index (χ4n) is 2.64. The average Bonchev–Trinajstić information content (AvgIpc) is 2.70. The van der Waals surface area contributed by atoms with Crippen molar-refractivity contribution in [1.82, 2.24) is 15.2 Å². The van der Waals surface area contributed by atoms with E-state index in [0.29, 0.717) is 5.92 Å². The van der Waals surface area contributed by atoms with Crippen LogP contribution in [0.15, 0.2) is 0 Å². The van der Waals surface area contributed by atoms with Crippen LogP contribution in [0.4, 0.5) is 0 Å². The predicted molar refractivity (Wildman–Crippen MR) is 82.9 cm³/mol. The molecule has 0 amide bonds. The molecule has 1 aliphatic rings. The Bertz CT molecular complexity index is 398. The summed E-state index contributed by atoms with van der Waals surface area (Å²) in [5.74, 6) is 1.36.